The quantitative estimate of drug-likeness (QED) is 0.504. The highest BCUT2D eigenvalue weighted by molar-refractivity contribution is 4.87. The van der Waals surface area contributed by atoms with E-state index in [1.165, 1.54) is 0 Å². The topological polar surface area (TPSA) is 47.3 Å². The van der Waals surface area contributed by atoms with Crippen LogP contribution in [0, 0.1) is 0 Å². The van der Waals surface area contributed by atoms with E-state index in [1.807, 2.05) is 0 Å². The minimum absolute atomic E-state index is 0. The smallest absolute Gasteiger partial charge is 0.149 e. The Kier molecular flexibility index (Phi) is 2.00. The van der Waals surface area contributed by atoms with Crippen molar-refractivity contribution in [2.24, 2.45) is 5.90 Å². The second kappa shape index (κ2) is 2.60. The molecule has 3 N–H and O–H groups in total. The van der Waals surface area contributed by atoms with Gasteiger partial charge in [-0.3, -0.25) is 0 Å². The molecule has 0 aromatic carbocycles. The summed E-state index contributed by atoms with van der Waals surface area (Å²) in [5.41, 5.74) is -1.21. The molecule has 9 heavy (non-hydrogen) atoms. The Labute approximate surface area is 53.3 Å². The monoisotopic (exact) mass is 134 g/mol. The molecule has 0 aromatic heterocycles. The number of nitrogens with two attached hydrogens (primary N) is 1. The van der Waals surface area contributed by atoms with Crippen molar-refractivity contribution >= 4 is 0 Å². The summed E-state index contributed by atoms with van der Waals surface area (Å²) in [6.07, 6.45) is 0.504. The van der Waals surface area contributed by atoms with Gasteiger partial charge in [-0.05, 0) is 13.0 Å². The minimum Gasteiger partial charge on any atom is -0.313 e. The van der Waals surface area contributed by atoms with Crippen LogP contribution in [0.4, 0.5) is 4.39 Å². The van der Waals surface area contributed by atoms with Crippen molar-refractivity contribution in [3.05, 3.63) is 0 Å². The third-order valence-electron chi connectivity index (χ3n) is 1.53. The number of halogens is 1. The van der Waals surface area contributed by atoms with Crippen LogP contribution >= 0.6 is 0 Å². The van der Waals surface area contributed by atoms with Gasteiger partial charge in [-0.15, -0.1) is 0 Å². The molecule has 0 saturated carbocycles. The molecule has 0 aromatic rings. The Morgan fingerprint density at radius 2 is 2.56 bits per heavy atom. The molecule has 0 bridgehead atoms. The molecule has 1 saturated heterocycles. The van der Waals surface area contributed by atoms with Gasteiger partial charge in [0.2, 0.25) is 0 Å². The van der Waals surface area contributed by atoms with Gasteiger partial charge in [-0.2, -0.15) is 0 Å². The average molecular weight is 134 g/mol. The molecule has 0 aliphatic carbocycles. The first-order valence-corrected chi connectivity index (χ1v) is 2.98. The molecule has 1 atom stereocenters. The van der Waals surface area contributed by atoms with E-state index in [9.17, 15) is 4.39 Å². The molecule has 3 nitrogen and oxygen atoms in total. The highest BCUT2D eigenvalue weighted by Crippen LogP contribution is 2.18. The summed E-state index contributed by atoms with van der Waals surface area (Å²) >= 11 is 0. The van der Waals surface area contributed by atoms with Crippen molar-refractivity contribution < 1.29 is 9.23 Å². The zero-order valence-electron chi connectivity index (χ0n) is 5.19. The van der Waals surface area contributed by atoms with Gasteiger partial charge in [0.15, 0.2) is 0 Å². The normalized spacial score (nSPS) is 35.3. The molecular weight excluding hydrogens is 123 g/mol. The molecule has 1 fully saturated rings. The van der Waals surface area contributed by atoms with E-state index in [4.69, 9.17) is 5.90 Å². The van der Waals surface area contributed by atoms with Crippen LogP contribution in [0.2, 0.25) is 0 Å². The molecule has 0 radical (unpaired) electrons. The summed E-state index contributed by atoms with van der Waals surface area (Å²) in [6, 6.07) is 0. The van der Waals surface area contributed by atoms with E-state index in [0.29, 0.717) is 13.0 Å². The van der Waals surface area contributed by atoms with Crippen molar-refractivity contribution in [1.29, 1.82) is 0 Å². The lowest BCUT2D eigenvalue weighted by Crippen LogP contribution is -2.33. The highest BCUT2D eigenvalue weighted by atomic mass is 19.1. The van der Waals surface area contributed by atoms with Crippen LogP contribution in [0.15, 0.2) is 0 Å². The van der Waals surface area contributed by atoms with Crippen LogP contribution in [0.25, 0.3) is 0 Å². The molecule has 0 spiro atoms. The third-order valence-corrected chi connectivity index (χ3v) is 1.53. The average Bonchev–Trinajstić information content (AvgIpc) is 2.16. The lowest BCUT2D eigenvalue weighted by atomic mass is 10.1. The van der Waals surface area contributed by atoms with Crippen LogP contribution < -0.4 is 11.2 Å². The van der Waals surface area contributed by atoms with Gasteiger partial charge in [0.1, 0.15) is 12.3 Å². The van der Waals surface area contributed by atoms with Crippen molar-refractivity contribution in [2.75, 3.05) is 19.7 Å². The second-order valence-electron chi connectivity index (χ2n) is 2.39. The summed E-state index contributed by atoms with van der Waals surface area (Å²) < 4.78 is 13.0. The van der Waals surface area contributed by atoms with E-state index < -0.39 is 5.67 Å². The van der Waals surface area contributed by atoms with Crippen molar-refractivity contribution in [1.82, 2.24) is 5.32 Å². The molecule has 1 rings (SSSR count). The Bertz CT molecular complexity index is 93.0. The number of nitrogens with one attached hydrogen (secondary N) is 1. The fourth-order valence-electron chi connectivity index (χ4n) is 0.986. The number of hydrogen-bond donors (Lipinski definition) is 2. The molecular formula is C5H11FN2O. The first-order chi connectivity index (χ1) is 4.27. The van der Waals surface area contributed by atoms with Crippen LogP contribution in [-0.4, -0.2) is 25.4 Å². The van der Waals surface area contributed by atoms with Crippen LogP contribution in [0.1, 0.15) is 6.42 Å². The predicted molar refractivity (Wildman–Crippen MR) is 31.5 cm³/mol. The number of rotatable bonds is 2. The van der Waals surface area contributed by atoms with Crippen LogP contribution in [-0.2, 0) is 4.84 Å². The van der Waals surface area contributed by atoms with Crippen molar-refractivity contribution in [3.63, 3.8) is 0 Å². The second-order valence-corrected chi connectivity index (χ2v) is 2.39. The van der Waals surface area contributed by atoms with Gasteiger partial charge in [0.25, 0.3) is 0 Å². The van der Waals surface area contributed by atoms with Crippen LogP contribution in [0.3, 0.4) is 0 Å². The van der Waals surface area contributed by atoms with Gasteiger partial charge in [-0.1, -0.05) is 0 Å². The molecule has 54 valence electrons. The summed E-state index contributed by atoms with van der Waals surface area (Å²) in [7, 11) is 0. The summed E-state index contributed by atoms with van der Waals surface area (Å²) in [5, 5.41) is 2.89. The maximum absolute atomic E-state index is 13.0. The maximum atomic E-state index is 13.0. The molecule has 0 amide bonds. The highest BCUT2D eigenvalue weighted by Gasteiger charge is 2.33. The minimum atomic E-state index is -1.21. The molecule has 1 aliphatic rings. The Morgan fingerprint density at radius 1 is 1.78 bits per heavy atom. The predicted octanol–water partition coefficient (Wildman–Crippen LogP) is -0.422. The van der Waals surface area contributed by atoms with E-state index in [0.717, 1.165) is 6.54 Å². The Hall–Kier alpha value is -0.190. The lowest BCUT2D eigenvalue weighted by molar-refractivity contribution is 0.0264. The van der Waals surface area contributed by atoms with Gasteiger partial charge in [0.05, 0.1) is 0 Å². The number of hydrogen-bond acceptors (Lipinski definition) is 3. The Balaban J connectivity index is 2.32. The van der Waals surface area contributed by atoms with E-state index in [-0.39, 0.29) is 6.61 Å². The fourth-order valence-corrected chi connectivity index (χ4v) is 0.986. The van der Waals surface area contributed by atoms with E-state index >= 15 is 0 Å². The summed E-state index contributed by atoms with van der Waals surface area (Å²) in [5.74, 6) is 4.73. The molecule has 1 heterocycles. The fraction of sp³-hybridized carbons (Fsp3) is 1.00. The Morgan fingerprint density at radius 3 is 3.00 bits per heavy atom. The van der Waals surface area contributed by atoms with Gasteiger partial charge in [0, 0.05) is 6.54 Å². The first kappa shape index (κ1) is 6.92. The first-order valence-electron chi connectivity index (χ1n) is 2.98. The largest absolute Gasteiger partial charge is 0.313 e. The van der Waals surface area contributed by atoms with Crippen molar-refractivity contribution in [2.45, 2.75) is 12.1 Å². The third kappa shape index (κ3) is 1.61. The molecule has 1 aliphatic heterocycles. The zero-order valence-corrected chi connectivity index (χ0v) is 5.19. The van der Waals surface area contributed by atoms with Gasteiger partial charge < -0.3 is 10.2 Å². The number of alkyl halides is 1. The molecule has 4 heteroatoms. The lowest BCUT2D eigenvalue weighted by Gasteiger charge is -2.14. The maximum Gasteiger partial charge on any atom is 0.149 e. The molecule has 1 unspecified atom stereocenters. The standard InChI is InChI=1S/C5H11FN2O/c6-5(4-9-7)1-2-8-3-5/h8H,1-4,7H2. The van der Waals surface area contributed by atoms with Crippen molar-refractivity contribution in [3.8, 4) is 0 Å². The van der Waals surface area contributed by atoms with Gasteiger partial charge in [-0.25, -0.2) is 10.3 Å². The van der Waals surface area contributed by atoms with Gasteiger partial charge >= 0.3 is 0 Å². The SMILES string of the molecule is NOCC1(F)CCNC1. The van der Waals surface area contributed by atoms with E-state index in [2.05, 4.69) is 10.2 Å². The summed E-state index contributed by atoms with van der Waals surface area (Å²) in [4.78, 5) is 4.21. The van der Waals surface area contributed by atoms with Crippen LogP contribution in [0.5, 0.6) is 0 Å². The van der Waals surface area contributed by atoms with E-state index in [1.54, 1.807) is 0 Å². The summed E-state index contributed by atoms with van der Waals surface area (Å²) in [6.45, 7) is 1.09. The zero-order chi connectivity index (χ0) is 6.74.